The first-order valence-corrected chi connectivity index (χ1v) is 5.18. The van der Waals surface area contributed by atoms with Crippen LogP contribution in [0.2, 0.25) is 0 Å². The second-order valence-corrected chi connectivity index (χ2v) is 4.06. The van der Waals surface area contributed by atoms with Gasteiger partial charge in [-0.2, -0.15) is 0 Å². The number of furan rings is 1. The molecular weight excluding hydrogens is 210 g/mol. The van der Waals surface area contributed by atoms with E-state index >= 15 is 0 Å². The van der Waals surface area contributed by atoms with Gasteiger partial charge in [-0.05, 0) is 18.9 Å². The van der Waals surface area contributed by atoms with Crippen molar-refractivity contribution in [2.24, 2.45) is 5.41 Å². The minimum Gasteiger partial charge on any atom is -0.480 e. The van der Waals surface area contributed by atoms with Crippen molar-refractivity contribution >= 4 is 11.9 Å². The lowest BCUT2D eigenvalue weighted by molar-refractivity contribution is -0.162. The zero-order valence-electron chi connectivity index (χ0n) is 8.73. The van der Waals surface area contributed by atoms with E-state index in [2.05, 4.69) is 5.32 Å². The number of nitrogens with one attached hydrogen (secondary N) is 1. The Balaban J connectivity index is 1.95. The second-order valence-electron chi connectivity index (χ2n) is 4.06. The molecule has 1 heterocycles. The van der Waals surface area contributed by atoms with Crippen LogP contribution in [0.4, 0.5) is 0 Å². The van der Waals surface area contributed by atoms with Crippen LogP contribution in [0.5, 0.6) is 0 Å². The molecule has 86 valence electrons. The number of amides is 1. The van der Waals surface area contributed by atoms with Crippen LogP contribution in [0, 0.1) is 5.41 Å². The van der Waals surface area contributed by atoms with Crippen LogP contribution in [0.25, 0.3) is 0 Å². The van der Waals surface area contributed by atoms with E-state index in [1.54, 1.807) is 6.07 Å². The molecule has 0 aliphatic heterocycles. The van der Waals surface area contributed by atoms with Crippen molar-refractivity contribution in [2.75, 3.05) is 0 Å². The Labute approximate surface area is 92.4 Å². The molecular formula is C11H13NO4. The van der Waals surface area contributed by atoms with Gasteiger partial charge in [-0.15, -0.1) is 0 Å². The molecule has 0 spiro atoms. The molecule has 1 aromatic heterocycles. The van der Waals surface area contributed by atoms with E-state index in [-0.39, 0.29) is 0 Å². The average Bonchev–Trinajstić information content (AvgIpc) is 2.64. The smallest absolute Gasteiger partial charge is 0.319 e. The van der Waals surface area contributed by atoms with Gasteiger partial charge in [-0.1, -0.05) is 6.42 Å². The van der Waals surface area contributed by atoms with Gasteiger partial charge < -0.3 is 14.8 Å². The summed E-state index contributed by atoms with van der Waals surface area (Å²) in [6.45, 7) is 0.310. The molecule has 0 unspecified atom stereocenters. The van der Waals surface area contributed by atoms with Crippen LogP contribution in [-0.2, 0) is 16.1 Å². The predicted octanol–water partition coefficient (Wildman–Crippen LogP) is 1.15. The second kappa shape index (κ2) is 4.00. The highest BCUT2D eigenvalue weighted by Gasteiger charge is 2.50. The van der Waals surface area contributed by atoms with E-state index in [1.807, 2.05) is 0 Å². The minimum absolute atomic E-state index is 0.310. The number of hydrogen-bond donors (Lipinski definition) is 2. The maximum atomic E-state index is 11.8. The zero-order chi connectivity index (χ0) is 11.6. The van der Waals surface area contributed by atoms with Gasteiger partial charge in [0.15, 0.2) is 0 Å². The van der Waals surface area contributed by atoms with E-state index < -0.39 is 17.3 Å². The van der Waals surface area contributed by atoms with Crippen molar-refractivity contribution in [3.05, 3.63) is 24.2 Å². The molecule has 2 N–H and O–H groups in total. The molecule has 1 fully saturated rings. The van der Waals surface area contributed by atoms with E-state index in [9.17, 15) is 9.59 Å². The molecule has 0 atom stereocenters. The third-order valence-corrected chi connectivity index (χ3v) is 3.08. The highest BCUT2D eigenvalue weighted by molar-refractivity contribution is 6.02. The summed E-state index contributed by atoms with van der Waals surface area (Å²) in [7, 11) is 0. The van der Waals surface area contributed by atoms with Crippen LogP contribution >= 0.6 is 0 Å². The summed E-state index contributed by atoms with van der Waals surface area (Å²) in [6.07, 6.45) is 4.69. The van der Waals surface area contributed by atoms with Crippen molar-refractivity contribution in [2.45, 2.75) is 25.8 Å². The summed E-state index contributed by atoms with van der Waals surface area (Å²) in [6, 6.07) is 1.73. The fourth-order valence-electron chi connectivity index (χ4n) is 1.81. The fourth-order valence-corrected chi connectivity index (χ4v) is 1.81. The largest absolute Gasteiger partial charge is 0.480 e. The molecule has 1 saturated carbocycles. The Bertz CT molecular complexity index is 392. The van der Waals surface area contributed by atoms with Crippen LogP contribution < -0.4 is 5.32 Å². The fraction of sp³-hybridized carbons (Fsp3) is 0.455. The lowest BCUT2D eigenvalue weighted by atomic mass is 9.68. The van der Waals surface area contributed by atoms with Crippen LogP contribution in [0.15, 0.2) is 23.0 Å². The first-order chi connectivity index (χ1) is 7.65. The van der Waals surface area contributed by atoms with E-state index in [4.69, 9.17) is 9.52 Å². The maximum absolute atomic E-state index is 11.8. The van der Waals surface area contributed by atoms with Crippen molar-refractivity contribution < 1.29 is 19.1 Å². The summed E-state index contributed by atoms with van der Waals surface area (Å²) in [4.78, 5) is 22.8. The molecule has 0 saturated heterocycles. The monoisotopic (exact) mass is 223 g/mol. The number of carboxylic acid groups (broad SMARTS) is 1. The Kier molecular flexibility index (Phi) is 2.68. The average molecular weight is 223 g/mol. The van der Waals surface area contributed by atoms with Crippen molar-refractivity contribution in [3.8, 4) is 0 Å². The van der Waals surface area contributed by atoms with Gasteiger partial charge in [-0.3, -0.25) is 9.59 Å². The highest BCUT2D eigenvalue weighted by atomic mass is 16.4. The summed E-state index contributed by atoms with van der Waals surface area (Å²) in [5.41, 5.74) is -0.364. The number of carbonyl (C=O) groups is 2. The lowest BCUT2D eigenvalue weighted by Crippen LogP contribution is -2.50. The van der Waals surface area contributed by atoms with Gasteiger partial charge in [-0.25, -0.2) is 0 Å². The van der Waals surface area contributed by atoms with Gasteiger partial charge >= 0.3 is 5.97 Å². The minimum atomic E-state index is -1.19. The summed E-state index contributed by atoms with van der Waals surface area (Å²) in [5.74, 6) is -1.42. The van der Waals surface area contributed by atoms with E-state index in [0.29, 0.717) is 19.4 Å². The quantitative estimate of drug-likeness (QED) is 0.750. The first kappa shape index (κ1) is 10.7. The Hall–Kier alpha value is -1.78. The molecule has 5 nitrogen and oxygen atoms in total. The first-order valence-electron chi connectivity index (χ1n) is 5.18. The molecule has 5 heteroatoms. The molecule has 0 radical (unpaired) electrons. The number of hydrogen-bond acceptors (Lipinski definition) is 3. The normalized spacial score (nSPS) is 17.5. The topological polar surface area (TPSA) is 79.5 Å². The van der Waals surface area contributed by atoms with E-state index in [1.165, 1.54) is 12.5 Å². The van der Waals surface area contributed by atoms with E-state index in [0.717, 1.165) is 12.0 Å². The SMILES string of the molecule is O=C(O)C1(C(=O)NCc2ccoc2)CCC1. The third-order valence-electron chi connectivity index (χ3n) is 3.08. The summed E-state index contributed by atoms with van der Waals surface area (Å²) < 4.78 is 4.85. The number of carboxylic acids is 1. The summed E-state index contributed by atoms with van der Waals surface area (Å²) >= 11 is 0. The van der Waals surface area contributed by atoms with Crippen LogP contribution in [-0.4, -0.2) is 17.0 Å². The molecule has 1 aliphatic carbocycles. The number of aliphatic carboxylic acids is 1. The predicted molar refractivity (Wildman–Crippen MR) is 54.5 cm³/mol. The maximum Gasteiger partial charge on any atom is 0.319 e. The van der Waals surface area contributed by atoms with Crippen LogP contribution in [0.1, 0.15) is 24.8 Å². The number of rotatable bonds is 4. The molecule has 1 aliphatic rings. The standard InChI is InChI=1S/C11H13NO4/c13-9(11(10(14)15)3-1-4-11)12-6-8-2-5-16-7-8/h2,5,7H,1,3-4,6H2,(H,12,13)(H,14,15). The molecule has 2 rings (SSSR count). The van der Waals surface area contributed by atoms with Crippen molar-refractivity contribution in [1.29, 1.82) is 0 Å². The molecule has 0 aromatic carbocycles. The lowest BCUT2D eigenvalue weighted by Gasteiger charge is -2.35. The zero-order valence-corrected chi connectivity index (χ0v) is 8.73. The molecule has 1 amide bonds. The van der Waals surface area contributed by atoms with Crippen LogP contribution in [0.3, 0.4) is 0 Å². The Morgan fingerprint density at radius 3 is 2.69 bits per heavy atom. The molecule has 16 heavy (non-hydrogen) atoms. The highest BCUT2D eigenvalue weighted by Crippen LogP contribution is 2.41. The Morgan fingerprint density at radius 2 is 2.25 bits per heavy atom. The van der Waals surface area contributed by atoms with Gasteiger partial charge in [0, 0.05) is 12.1 Å². The Morgan fingerprint density at radius 1 is 1.50 bits per heavy atom. The van der Waals surface area contributed by atoms with Gasteiger partial charge in [0.2, 0.25) is 5.91 Å². The van der Waals surface area contributed by atoms with Crippen molar-refractivity contribution in [1.82, 2.24) is 5.32 Å². The third kappa shape index (κ3) is 1.68. The van der Waals surface area contributed by atoms with Gasteiger partial charge in [0.25, 0.3) is 0 Å². The summed E-state index contributed by atoms with van der Waals surface area (Å²) in [5, 5.41) is 11.7. The number of carbonyl (C=O) groups excluding carboxylic acids is 1. The van der Waals surface area contributed by atoms with Crippen molar-refractivity contribution in [3.63, 3.8) is 0 Å². The van der Waals surface area contributed by atoms with Gasteiger partial charge in [0.1, 0.15) is 5.41 Å². The molecule has 1 aromatic rings. The van der Waals surface area contributed by atoms with Gasteiger partial charge in [0.05, 0.1) is 12.5 Å². The molecule has 0 bridgehead atoms.